The van der Waals surface area contributed by atoms with Gasteiger partial charge in [-0.2, -0.15) is 0 Å². The number of hydrogen-bond donors (Lipinski definition) is 1. The van der Waals surface area contributed by atoms with E-state index in [1.807, 2.05) is 0 Å². The second-order valence-electron chi connectivity index (χ2n) is 24.3. The van der Waals surface area contributed by atoms with Crippen LogP contribution >= 0.6 is 0 Å². The number of rotatable bonds is 62. The van der Waals surface area contributed by atoms with Crippen LogP contribution in [0, 0.1) is 0 Å². The van der Waals surface area contributed by atoms with Crippen LogP contribution in [0.2, 0.25) is 0 Å². The lowest BCUT2D eigenvalue weighted by molar-refractivity contribution is -0.0349. The van der Waals surface area contributed by atoms with E-state index in [9.17, 15) is 0 Å². The Balaban J connectivity index is -0.000000552. The van der Waals surface area contributed by atoms with Crippen LogP contribution in [0.25, 0.3) is 0 Å². The topological polar surface area (TPSA) is 34.2 Å². The molecule has 1 saturated heterocycles. The molecule has 1 N–H and O–H groups in total. The number of hydrogen-bond acceptors (Lipinski definition) is 6. The molecular formula is C73H161N5O. The van der Waals surface area contributed by atoms with Crippen molar-refractivity contribution in [3.8, 4) is 0 Å². The monoisotopic (exact) mass is 1120 g/mol. The standard InChI is InChI=1S/C46H96N4O.C23H49N.4CH4/c1-5-9-12-15-18-21-24-27-30-33-36-49(37-34-31-28-25-22-19-16-13-10-6-2)45-51-46-50(44-43-48-41-39-47(8-4)40-42-48)38-35-32-29-26-23-20-17-14-11-7-3;1-3-5-7-9-11-13-15-17-19-21-23-24-22-20-18-16-14-12-10-8-6-4-2;;;;/h5-46H2,1-4H3;24H,3-23H2,1-2H3;4*1H4. The van der Waals surface area contributed by atoms with E-state index < -0.39 is 0 Å². The van der Waals surface area contributed by atoms with Gasteiger partial charge in [0, 0.05) is 58.9 Å². The van der Waals surface area contributed by atoms with Crippen LogP contribution < -0.4 is 5.32 Å². The molecule has 0 aliphatic carbocycles. The van der Waals surface area contributed by atoms with Crippen LogP contribution in [0.5, 0.6) is 0 Å². The molecule has 1 rings (SSSR count). The van der Waals surface area contributed by atoms with Crippen LogP contribution in [-0.4, -0.2) is 112 Å². The number of likely N-dealkylation sites (N-methyl/N-ethyl adjacent to an activating group) is 1. The van der Waals surface area contributed by atoms with Crippen LogP contribution in [0.15, 0.2) is 0 Å². The zero-order chi connectivity index (χ0) is 54.3. The fraction of sp³-hybridized carbons (Fsp3) is 1.00. The van der Waals surface area contributed by atoms with Gasteiger partial charge >= 0.3 is 0 Å². The molecule has 0 bridgehead atoms. The lowest BCUT2D eigenvalue weighted by Gasteiger charge is -2.35. The summed E-state index contributed by atoms with van der Waals surface area (Å²) in [6, 6.07) is 0. The molecule has 0 aromatic heterocycles. The van der Waals surface area contributed by atoms with Crippen molar-refractivity contribution in [3.05, 3.63) is 0 Å². The fourth-order valence-electron chi connectivity index (χ4n) is 11.3. The van der Waals surface area contributed by atoms with Crippen molar-refractivity contribution in [1.29, 1.82) is 0 Å². The first-order chi connectivity index (χ1) is 37.1. The normalized spacial score (nSPS) is 12.8. The van der Waals surface area contributed by atoms with Gasteiger partial charge in [-0.3, -0.25) is 14.7 Å². The lowest BCUT2D eigenvalue weighted by atomic mass is 10.1. The van der Waals surface area contributed by atoms with Crippen molar-refractivity contribution in [2.45, 2.75) is 386 Å². The second-order valence-corrected chi connectivity index (χ2v) is 24.3. The Kier molecular flexibility index (Phi) is 86.2. The van der Waals surface area contributed by atoms with Gasteiger partial charge in [-0.1, -0.05) is 354 Å². The number of nitrogens with one attached hydrogen (secondary N) is 1. The Hall–Kier alpha value is -0.240. The third kappa shape index (κ3) is 70.2. The summed E-state index contributed by atoms with van der Waals surface area (Å²) in [4.78, 5) is 10.6. The highest BCUT2D eigenvalue weighted by atomic mass is 16.5. The van der Waals surface area contributed by atoms with Gasteiger partial charge in [-0.05, 0) is 51.7 Å². The van der Waals surface area contributed by atoms with E-state index in [-0.39, 0.29) is 29.7 Å². The molecule has 0 spiro atoms. The smallest absolute Gasteiger partial charge is 0.101 e. The predicted molar refractivity (Wildman–Crippen MR) is 367 cm³/mol. The minimum Gasteiger partial charge on any atom is -0.351 e. The molecule has 0 amide bonds. The fourth-order valence-corrected chi connectivity index (χ4v) is 11.3. The average Bonchev–Trinajstić information content (AvgIpc) is 3.43. The average molecular weight is 1130 g/mol. The summed E-state index contributed by atoms with van der Waals surface area (Å²) in [5, 5.41) is 3.63. The Morgan fingerprint density at radius 3 is 0.734 bits per heavy atom. The van der Waals surface area contributed by atoms with E-state index in [1.54, 1.807) is 0 Å². The number of nitrogens with zero attached hydrogens (tertiary/aromatic N) is 4. The Labute approximate surface area is 505 Å². The van der Waals surface area contributed by atoms with Crippen molar-refractivity contribution in [2.24, 2.45) is 0 Å². The Bertz CT molecular complexity index is 946. The number of unbranched alkanes of at least 4 members (excludes halogenated alkanes) is 44. The highest BCUT2D eigenvalue weighted by Crippen LogP contribution is 2.16. The zero-order valence-electron chi connectivity index (χ0n) is 53.2. The molecule has 79 heavy (non-hydrogen) atoms. The molecule has 0 aromatic rings. The van der Waals surface area contributed by atoms with Crippen LogP contribution in [0.1, 0.15) is 386 Å². The van der Waals surface area contributed by atoms with Gasteiger partial charge in [0.1, 0.15) is 13.5 Å². The molecule has 0 saturated carbocycles. The van der Waals surface area contributed by atoms with Gasteiger partial charge in [0.15, 0.2) is 0 Å². The third-order valence-electron chi connectivity index (χ3n) is 16.8. The van der Waals surface area contributed by atoms with Gasteiger partial charge in [-0.15, -0.1) is 0 Å². The number of ether oxygens (including phenoxy) is 1. The number of piperazine rings is 1. The zero-order valence-corrected chi connectivity index (χ0v) is 53.2. The Morgan fingerprint density at radius 2 is 0.481 bits per heavy atom. The van der Waals surface area contributed by atoms with Gasteiger partial charge in [-0.25, -0.2) is 0 Å². The third-order valence-corrected chi connectivity index (χ3v) is 16.8. The van der Waals surface area contributed by atoms with Crippen molar-refractivity contribution >= 4 is 0 Å². The highest BCUT2D eigenvalue weighted by molar-refractivity contribution is 4.72. The molecule has 484 valence electrons. The highest BCUT2D eigenvalue weighted by Gasteiger charge is 2.17. The summed E-state index contributed by atoms with van der Waals surface area (Å²) in [6.07, 6.45) is 69.6. The molecule has 1 fully saturated rings. The van der Waals surface area contributed by atoms with Crippen LogP contribution in [0.4, 0.5) is 0 Å². The predicted octanol–water partition coefficient (Wildman–Crippen LogP) is 23.5. The maximum atomic E-state index is 6.58. The van der Waals surface area contributed by atoms with E-state index in [4.69, 9.17) is 4.74 Å². The van der Waals surface area contributed by atoms with E-state index >= 15 is 0 Å². The van der Waals surface area contributed by atoms with Crippen LogP contribution in [0.3, 0.4) is 0 Å². The summed E-state index contributed by atoms with van der Waals surface area (Å²) in [7, 11) is 0. The van der Waals surface area contributed by atoms with Gasteiger partial charge in [0.05, 0.1) is 0 Å². The second kappa shape index (κ2) is 77.8. The summed E-state index contributed by atoms with van der Waals surface area (Å²) in [6.45, 7) is 30.0. The first kappa shape index (κ1) is 87.5. The van der Waals surface area contributed by atoms with Crippen molar-refractivity contribution in [1.82, 2.24) is 24.9 Å². The van der Waals surface area contributed by atoms with Crippen molar-refractivity contribution in [2.75, 3.05) is 92.0 Å². The molecule has 0 unspecified atom stereocenters. The Morgan fingerprint density at radius 1 is 0.266 bits per heavy atom. The molecule has 6 nitrogen and oxygen atoms in total. The van der Waals surface area contributed by atoms with E-state index in [0.717, 1.165) is 20.0 Å². The minimum atomic E-state index is 0. The maximum Gasteiger partial charge on any atom is 0.101 e. The molecule has 1 heterocycles. The summed E-state index contributed by atoms with van der Waals surface area (Å²) >= 11 is 0. The molecular weight excluding hydrogens is 963 g/mol. The molecule has 0 radical (unpaired) electrons. The van der Waals surface area contributed by atoms with E-state index in [1.165, 1.54) is 387 Å². The van der Waals surface area contributed by atoms with Crippen molar-refractivity contribution in [3.63, 3.8) is 0 Å². The van der Waals surface area contributed by atoms with E-state index in [2.05, 4.69) is 66.5 Å². The summed E-state index contributed by atoms with van der Waals surface area (Å²) in [5.41, 5.74) is 0. The van der Waals surface area contributed by atoms with Crippen LogP contribution in [-0.2, 0) is 4.74 Å². The van der Waals surface area contributed by atoms with E-state index in [0.29, 0.717) is 0 Å². The molecule has 0 atom stereocenters. The quantitative estimate of drug-likeness (QED) is 0.0483. The van der Waals surface area contributed by atoms with Gasteiger partial charge in [0.25, 0.3) is 0 Å². The van der Waals surface area contributed by atoms with Gasteiger partial charge in [0.2, 0.25) is 0 Å². The maximum absolute atomic E-state index is 6.58. The molecule has 1 aliphatic rings. The molecule has 0 aromatic carbocycles. The minimum absolute atomic E-state index is 0. The van der Waals surface area contributed by atoms with Gasteiger partial charge < -0.3 is 15.0 Å². The molecule has 6 heteroatoms. The van der Waals surface area contributed by atoms with Crippen molar-refractivity contribution < 1.29 is 4.74 Å². The lowest BCUT2D eigenvalue weighted by Crippen LogP contribution is -2.48. The molecule has 1 aliphatic heterocycles. The largest absolute Gasteiger partial charge is 0.351 e. The SMILES string of the molecule is C.C.C.C.CCCCCCCCCCCCN(CCCCCCCCCCCC)COCN(CCCCCCCCCCCC)CCN1CCN(CC)CC1.CCCCCCCCCCCCNCCCCCCCCCCC. The first-order valence-electron chi connectivity index (χ1n) is 35.3. The first-order valence-corrected chi connectivity index (χ1v) is 35.3. The summed E-state index contributed by atoms with van der Waals surface area (Å²) < 4.78 is 6.58. The summed E-state index contributed by atoms with van der Waals surface area (Å²) in [5.74, 6) is 0.